The Morgan fingerprint density at radius 2 is 1.95 bits per heavy atom. The second-order valence-electron chi connectivity index (χ2n) is 4.76. The van der Waals surface area contributed by atoms with Crippen LogP contribution in [0, 0.1) is 0 Å². The Kier molecular flexibility index (Phi) is 2.90. The van der Waals surface area contributed by atoms with E-state index in [1.54, 1.807) is 24.3 Å². The van der Waals surface area contributed by atoms with E-state index in [9.17, 15) is 14.4 Å². The molecule has 0 aliphatic carbocycles. The van der Waals surface area contributed by atoms with Crippen molar-refractivity contribution >= 4 is 35.2 Å². The van der Waals surface area contributed by atoms with Crippen LogP contribution in [0.1, 0.15) is 12.8 Å². The number of hydrogen-bond donors (Lipinski definition) is 1. The first-order valence-electron chi connectivity index (χ1n) is 6.16. The van der Waals surface area contributed by atoms with Crippen LogP contribution in [0.25, 0.3) is 0 Å². The largest absolute Gasteiger partial charge is 0.480 e. The smallest absolute Gasteiger partial charge is 0.332 e. The number of carboxylic acids is 1. The fourth-order valence-corrected chi connectivity index (χ4v) is 3.00. The molecule has 20 heavy (non-hydrogen) atoms. The topological polar surface area (TPSA) is 77.9 Å². The van der Waals surface area contributed by atoms with Crippen LogP contribution < -0.4 is 4.90 Å². The molecule has 2 saturated heterocycles. The number of urea groups is 1. The van der Waals surface area contributed by atoms with E-state index in [1.165, 1.54) is 0 Å². The van der Waals surface area contributed by atoms with Gasteiger partial charge in [0.05, 0.1) is 10.7 Å². The van der Waals surface area contributed by atoms with E-state index in [0.29, 0.717) is 18.5 Å². The fourth-order valence-electron chi connectivity index (χ4n) is 2.78. The monoisotopic (exact) mass is 294 g/mol. The zero-order chi connectivity index (χ0) is 14.4. The molecule has 1 N–H and O–H groups in total. The molecule has 1 aromatic rings. The highest BCUT2D eigenvalue weighted by Gasteiger charge is 2.54. The summed E-state index contributed by atoms with van der Waals surface area (Å²) in [5.74, 6) is -1.50. The van der Waals surface area contributed by atoms with E-state index >= 15 is 0 Å². The van der Waals surface area contributed by atoms with Gasteiger partial charge >= 0.3 is 12.0 Å². The number of fused-ring (bicyclic) bond motifs is 1. The molecule has 2 atom stereocenters. The molecule has 6 nitrogen and oxygen atoms in total. The number of carbonyl (C=O) groups excluding carboxylic acids is 2. The van der Waals surface area contributed by atoms with Gasteiger partial charge < -0.3 is 5.11 Å². The summed E-state index contributed by atoms with van der Waals surface area (Å²) in [6.07, 6.45) is 0.663. The van der Waals surface area contributed by atoms with Crippen molar-refractivity contribution in [1.82, 2.24) is 4.90 Å². The lowest BCUT2D eigenvalue weighted by Crippen LogP contribution is -2.42. The maximum absolute atomic E-state index is 12.4. The van der Waals surface area contributed by atoms with Crippen molar-refractivity contribution in [2.45, 2.75) is 24.9 Å². The number of benzene rings is 1. The first-order valence-corrected chi connectivity index (χ1v) is 6.53. The maximum Gasteiger partial charge on any atom is 0.332 e. The molecule has 0 spiro atoms. The van der Waals surface area contributed by atoms with Crippen LogP contribution in [0.4, 0.5) is 10.5 Å². The Hall–Kier alpha value is -2.08. The van der Waals surface area contributed by atoms with Crippen molar-refractivity contribution in [2.75, 3.05) is 4.90 Å². The number of amides is 3. The molecular weight excluding hydrogens is 284 g/mol. The van der Waals surface area contributed by atoms with Gasteiger partial charge in [-0.3, -0.25) is 9.69 Å². The highest BCUT2D eigenvalue weighted by atomic mass is 35.5. The lowest BCUT2D eigenvalue weighted by atomic mass is 10.1. The molecule has 0 radical (unpaired) electrons. The summed E-state index contributed by atoms with van der Waals surface area (Å²) in [5.41, 5.74) is 0.294. The molecule has 2 heterocycles. The van der Waals surface area contributed by atoms with Crippen LogP contribution in [-0.4, -0.2) is 40.0 Å². The number of carbonyl (C=O) groups is 3. The average molecular weight is 295 g/mol. The molecule has 2 aliphatic rings. The molecule has 2 fully saturated rings. The molecule has 0 bridgehead atoms. The van der Waals surface area contributed by atoms with Gasteiger partial charge in [0.1, 0.15) is 12.1 Å². The Morgan fingerprint density at radius 3 is 2.60 bits per heavy atom. The number of hydrogen-bond acceptors (Lipinski definition) is 3. The highest BCUT2D eigenvalue weighted by molar-refractivity contribution is 6.36. The predicted octanol–water partition coefficient (Wildman–Crippen LogP) is 1.72. The lowest BCUT2D eigenvalue weighted by molar-refractivity contribution is -0.141. The summed E-state index contributed by atoms with van der Waals surface area (Å²) >= 11 is 6.01. The molecule has 7 heteroatoms. The second kappa shape index (κ2) is 4.49. The van der Waals surface area contributed by atoms with Crippen LogP contribution in [0.15, 0.2) is 24.3 Å². The minimum absolute atomic E-state index is 0.280. The lowest BCUT2D eigenvalue weighted by Gasteiger charge is -2.20. The number of halogens is 1. The fraction of sp³-hybridized carbons (Fsp3) is 0.308. The van der Waals surface area contributed by atoms with Crippen LogP contribution in [0.3, 0.4) is 0 Å². The predicted molar refractivity (Wildman–Crippen MR) is 70.6 cm³/mol. The van der Waals surface area contributed by atoms with Gasteiger partial charge in [0.2, 0.25) is 0 Å². The SMILES string of the molecule is O=C(O)[C@@H]1CC[C@H]2C(=O)N(c3ccccc3Cl)C(=O)N12. The third-order valence-corrected chi connectivity index (χ3v) is 4.00. The summed E-state index contributed by atoms with van der Waals surface area (Å²) in [7, 11) is 0. The molecule has 104 valence electrons. The van der Waals surface area contributed by atoms with Crippen molar-refractivity contribution < 1.29 is 19.5 Å². The minimum atomic E-state index is -1.09. The third-order valence-electron chi connectivity index (χ3n) is 3.68. The van der Waals surface area contributed by atoms with Gasteiger partial charge in [0.15, 0.2) is 0 Å². The molecule has 1 aromatic carbocycles. The third kappa shape index (κ3) is 1.68. The average Bonchev–Trinajstić information content (AvgIpc) is 2.93. The van der Waals surface area contributed by atoms with Crippen molar-refractivity contribution in [3.05, 3.63) is 29.3 Å². The van der Waals surface area contributed by atoms with E-state index < -0.39 is 30.0 Å². The van der Waals surface area contributed by atoms with Gasteiger partial charge in [0.25, 0.3) is 5.91 Å². The molecule has 3 rings (SSSR count). The van der Waals surface area contributed by atoms with Crippen molar-refractivity contribution in [2.24, 2.45) is 0 Å². The minimum Gasteiger partial charge on any atom is -0.480 e. The Morgan fingerprint density at radius 1 is 1.25 bits per heavy atom. The number of carboxylic acid groups (broad SMARTS) is 1. The van der Waals surface area contributed by atoms with Crippen molar-refractivity contribution in [3.8, 4) is 0 Å². The van der Waals surface area contributed by atoms with E-state index in [-0.39, 0.29) is 5.02 Å². The normalized spacial score (nSPS) is 25.2. The Balaban J connectivity index is 2.01. The number of para-hydroxylation sites is 1. The summed E-state index contributed by atoms with van der Waals surface area (Å²) in [6.45, 7) is 0. The second-order valence-corrected chi connectivity index (χ2v) is 5.17. The number of anilines is 1. The van der Waals surface area contributed by atoms with E-state index in [2.05, 4.69) is 0 Å². The summed E-state index contributed by atoms with van der Waals surface area (Å²) < 4.78 is 0. The van der Waals surface area contributed by atoms with Gasteiger partial charge in [-0.1, -0.05) is 23.7 Å². The van der Waals surface area contributed by atoms with E-state index in [1.807, 2.05) is 0 Å². The molecule has 0 aromatic heterocycles. The van der Waals surface area contributed by atoms with Gasteiger partial charge in [-0.05, 0) is 25.0 Å². The standard InChI is InChI=1S/C13H11ClN2O4/c14-7-3-1-2-4-8(7)16-11(17)9-5-6-10(12(18)19)15(9)13(16)20/h1-4,9-10H,5-6H2,(H,18,19)/t9-,10-/m0/s1. The summed E-state index contributed by atoms with van der Waals surface area (Å²) in [4.78, 5) is 38.0. The van der Waals surface area contributed by atoms with E-state index in [0.717, 1.165) is 9.80 Å². The number of rotatable bonds is 2. The first-order chi connectivity index (χ1) is 9.52. The van der Waals surface area contributed by atoms with Crippen LogP contribution in [0.5, 0.6) is 0 Å². The zero-order valence-corrected chi connectivity index (χ0v) is 11.1. The maximum atomic E-state index is 12.4. The molecule has 0 saturated carbocycles. The van der Waals surface area contributed by atoms with Gasteiger partial charge in [-0.15, -0.1) is 0 Å². The number of nitrogens with zero attached hydrogens (tertiary/aromatic N) is 2. The summed E-state index contributed by atoms with van der Waals surface area (Å²) in [6, 6.07) is 4.26. The Labute approximate surface area is 119 Å². The van der Waals surface area contributed by atoms with Crippen LogP contribution in [0.2, 0.25) is 5.02 Å². The van der Waals surface area contributed by atoms with Crippen LogP contribution >= 0.6 is 11.6 Å². The van der Waals surface area contributed by atoms with Crippen LogP contribution in [-0.2, 0) is 9.59 Å². The van der Waals surface area contributed by atoms with Gasteiger partial charge in [-0.25, -0.2) is 14.5 Å². The molecular formula is C13H11ClN2O4. The zero-order valence-electron chi connectivity index (χ0n) is 10.3. The quantitative estimate of drug-likeness (QED) is 0.843. The first kappa shape index (κ1) is 12.9. The number of aliphatic carboxylic acids is 1. The molecule has 3 amide bonds. The molecule has 0 unspecified atom stereocenters. The van der Waals surface area contributed by atoms with Crippen molar-refractivity contribution in [3.63, 3.8) is 0 Å². The summed E-state index contributed by atoms with van der Waals surface area (Å²) in [5, 5.41) is 9.41. The molecule has 2 aliphatic heterocycles. The number of imide groups is 1. The highest BCUT2D eigenvalue weighted by Crippen LogP contribution is 2.37. The van der Waals surface area contributed by atoms with Crippen molar-refractivity contribution in [1.29, 1.82) is 0 Å². The Bertz CT molecular complexity index is 618. The van der Waals surface area contributed by atoms with Gasteiger partial charge in [0, 0.05) is 0 Å². The van der Waals surface area contributed by atoms with Gasteiger partial charge in [-0.2, -0.15) is 0 Å². The van der Waals surface area contributed by atoms with E-state index in [4.69, 9.17) is 16.7 Å².